The summed E-state index contributed by atoms with van der Waals surface area (Å²) in [6.45, 7) is 3.52. The number of carbonyl (C=O) groups excluding carboxylic acids is 1. The van der Waals surface area contributed by atoms with E-state index in [0.717, 1.165) is 17.4 Å². The maximum atomic E-state index is 13.8. The fourth-order valence-electron chi connectivity index (χ4n) is 4.79. The molecule has 0 saturated heterocycles. The molecule has 0 spiro atoms. The molecule has 4 aromatic rings. The quantitative estimate of drug-likeness (QED) is 0.141. The molecule has 1 aliphatic rings. The van der Waals surface area contributed by atoms with Gasteiger partial charge in [-0.25, -0.2) is 9.79 Å². The molecule has 0 amide bonds. The van der Waals surface area contributed by atoms with Gasteiger partial charge in [0.15, 0.2) is 16.3 Å². The Hall–Kier alpha value is -5.24. The number of nitro benzene ring substituents is 1. The van der Waals surface area contributed by atoms with Gasteiger partial charge in [-0.1, -0.05) is 47.7 Å². The number of rotatable bonds is 8. The number of aromatic nitrogens is 1. The summed E-state index contributed by atoms with van der Waals surface area (Å²) in [4.78, 5) is 42.2. The number of alkyl halides is 3. The van der Waals surface area contributed by atoms with Crippen LogP contribution in [0.2, 0.25) is 0 Å². The molecule has 45 heavy (non-hydrogen) atoms. The molecule has 14 heteroatoms. The van der Waals surface area contributed by atoms with Crippen LogP contribution in [0.5, 0.6) is 17.2 Å². The second-order valence-electron chi connectivity index (χ2n) is 9.66. The third-order valence-corrected chi connectivity index (χ3v) is 7.80. The molecule has 5 rings (SSSR count). The van der Waals surface area contributed by atoms with Crippen molar-refractivity contribution in [1.82, 2.24) is 4.57 Å². The van der Waals surface area contributed by atoms with Crippen LogP contribution in [-0.2, 0) is 15.7 Å². The maximum Gasteiger partial charge on any atom is 0.416 e. The largest absolute Gasteiger partial charge is 0.493 e. The highest BCUT2D eigenvalue weighted by molar-refractivity contribution is 7.07. The molecule has 0 aliphatic carbocycles. The Kier molecular flexibility index (Phi) is 8.60. The van der Waals surface area contributed by atoms with Crippen LogP contribution in [-0.4, -0.2) is 29.2 Å². The van der Waals surface area contributed by atoms with Crippen LogP contribution in [0.4, 0.5) is 18.9 Å². The number of allylic oxidation sites excluding steroid dienone is 1. The minimum Gasteiger partial charge on any atom is -0.493 e. The summed E-state index contributed by atoms with van der Waals surface area (Å²) in [5.41, 5.74) is -0.598. The summed E-state index contributed by atoms with van der Waals surface area (Å²) in [6.07, 6.45) is -3.19. The minimum absolute atomic E-state index is 0.00208. The van der Waals surface area contributed by atoms with Crippen molar-refractivity contribution in [2.45, 2.75) is 26.1 Å². The molecule has 1 aromatic heterocycles. The zero-order valence-corrected chi connectivity index (χ0v) is 24.8. The van der Waals surface area contributed by atoms with Crippen molar-refractivity contribution in [3.63, 3.8) is 0 Å². The van der Waals surface area contributed by atoms with Crippen molar-refractivity contribution in [2.24, 2.45) is 4.99 Å². The average molecular weight is 640 g/mol. The lowest BCUT2D eigenvalue weighted by atomic mass is 9.96. The number of nitrogens with zero attached hydrogens (tertiary/aromatic N) is 3. The van der Waals surface area contributed by atoms with E-state index in [1.165, 1.54) is 23.8 Å². The molecule has 0 bridgehead atoms. The van der Waals surface area contributed by atoms with E-state index in [2.05, 4.69) is 4.99 Å². The molecular weight excluding hydrogens is 615 g/mol. The van der Waals surface area contributed by atoms with Gasteiger partial charge in [-0.3, -0.25) is 19.5 Å². The Balaban J connectivity index is 1.56. The van der Waals surface area contributed by atoms with Crippen molar-refractivity contribution in [3.8, 4) is 17.2 Å². The standard InChI is InChI=1S/C31H24F3N3O7S/c1-4-43-29(39)26-17(2)35-30-36(27(26)19-8-6-5-7-9-19)28(38)25(45-30)15-18-10-12-23(24(14-18)42-3)44-22-13-11-20(31(32,33)34)16-21(22)37(40)41/h5-16,27H,4H2,1-3H3/t27-/m1/s1. The van der Waals surface area contributed by atoms with E-state index in [4.69, 9.17) is 14.2 Å². The van der Waals surface area contributed by atoms with E-state index in [-0.39, 0.29) is 23.7 Å². The molecule has 10 nitrogen and oxygen atoms in total. The number of hydrogen-bond donors (Lipinski definition) is 0. The van der Waals surface area contributed by atoms with Gasteiger partial charge in [0.05, 0.1) is 46.0 Å². The number of benzene rings is 3. The van der Waals surface area contributed by atoms with Gasteiger partial charge in [-0.05, 0) is 55.3 Å². The van der Waals surface area contributed by atoms with Gasteiger partial charge < -0.3 is 14.2 Å². The first kappa shape index (κ1) is 31.2. The normalized spacial score (nSPS) is 14.9. The lowest BCUT2D eigenvalue weighted by molar-refractivity contribution is -0.385. The topological polar surface area (TPSA) is 122 Å². The minimum atomic E-state index is -4.78. The predicted molar refractivity (Wildman–Crippen MR) is 158 cm³/mol. The second kappa shape index (κ2) is 12.4. The summed E-state index contributed by atoms with van der Waals surface area (Å²) in [5, 5.41) is 11.5. The molecule has 0 fully saturated rings. The number of fused-ring (bicyclic) bond motifs is 1. The third kappa shape index (κ3) is 6.22. The van der Waals surface area contributed by atoms with Crippen LogP contribution >= 0.6 is 11.3 Å². The predicted octanol–water partition coefficient (Wildman–Crippen LogP) is 5.53. The number of nitro groups is 1. The second-order valence-corrected chi connectivity index (χ2v) is 10.7. The van der Waals surface area contributed by atoms with Crippen LogP contribution in [0.3, 0.4) is 0 Å². The lowest BCUT2D eigenvalue weighted by Crippen LogP contribution is -2.39. The Morgan fingerprint density at radius 1 is 1.09 bits per heavy atom. The van der Waals surface area contributed by atoms with Crippen LogP contribution in [0, 0.1) is 10.1 Å². The van der Waals surface area contributed by atoms with Crippen LogP contribution in [0.25, 0.3) is 6.08 Å². The van der Waals surface area contributed by atoms with Crippen LogP contribution in [0.1, 0.15) is 36.6 Å². The highest BCUT2D eigenvalue weighted by Gasteiger charge is 2.34. The van der Waals surface area contributed by atoms with Crippen molar-refractivity contribution >= 4 is 29.1 Å². The molecule has 1 aliphatic heterocycles. The average Bonchev–Trinajstić information content (AvgIpc) is 3.30. The molecule has 2 heterocycles. The fraction of sp³-hybridized carbons (Fsp3) is 0.194. The Bertz CT molecular complexity index is 2020. The zero-order chi connectivity index (χ0) is 32.5. The van der Waals surface area contributed by atoms with Gasteiger partial charge >= 0.3 is 17.8 Å². The van der Waals surface area contributed by atoms with E-state index in [9.17, 15) is 32.9 Å². The molecule has 0 N–H and O–H groups in total. The summed E-state index contributed by atoms with van der Waals surface area (Å²) in [5.74, 6) is -0.886. The van der Waals surface area contributed by atoms with E-state index in [0.29, 0.717) is 38.3 Å². The van der Waals surface area contributed by atoms with Gasteiger partial charge in [-0.15, -0.1) is 0 Å². The van der Waals surface area contributed by atoms with Crippen molar-refractivity contribution in [2.75, 3.05) is 13.7 Å². The fourth-order valence-corrected chi connectivity index (χ4v) is 5.84. The van der Waals surface area contributed by atoms with Gasteiger partial charge in [0.1, 0.15) is 0 Å². The Morgan fingerprint density at radius 3 is 2.44 bits per heavy atom. The monoisotopic (exact) mass is 639 g/mol. The number of thiazole rings is 1. The number of hydrogen-bond acceptors (Lipinski definition) is 9. The van der Waals surface area contributed by atoms with E-state index in [1.807, 2.05) is 18.2 Å². The molecule has 232 valence electrons. The lowest BCUT2D eigenvalue weighted by Gasteiger charge is -2.24. The SMILES string of the molecule is CCOC(=O)C1=C(C)N=c2sc(=Cc3ccc(Oc4ccc(C(F)(F)F)cc4[N+](=O)[O-])c(OC)c3)c(=O)n2[C@@H]1c1ccccc1. The summed E-state index contributed by atoms with van der Waals surface area (Å²) in [7, 11) is 1.32. The van der Waals surface area contributed by atoms with Gasteiger partial charge in [-0.2, -0.15) is 13.2 Å². The van der Waals surface area contributed by atoms with E-state index in [1.54, 1.807) is 38.1 Å². The first-order valence-electron chi connectivity index (χ1n) is 13.4. The number of halogens is 3. The summed E-state index contributed by atoms with van der Waals surface area (Å²) >= 11 is 1.12. The maximum absolute atomic E-state index is 13.8. The van der Waals surface area contributed by atoms with Crippen LogP contribution in [0.15, 0.2) is 87.8 Å². The molecule has 1 atom stereocenters. The van der Waals surface area contributed by atoms with Crippen molar-refractivity contribution in [3.05, 3.63) is 124 Å². The highest BCUT2D eigenvalue weighted by Crippen LogP contribution is 2.40. The first-order chi connectivity index (χ1) is 21.4. The molecule has 0 radical (unpaired) electrons. The summed E-state index contributed by atoms with van der Waals surface area (Å²) < 4.78 is 57.4. The number of ether oxygens (including phenoxy) is 3. The Labute approximate surface area is 257 Å². The zero-order valence-electron chi connectivity index (χ0n) is 24.0. The number of esters is 1. The van der Waals surface area contributed by atoms with Crippen molar-refractivity contribution < 1.29 is 37.1 Å². The molecule has 0 saturated carbocycles. The summed E-state index contributed by atoms with van der Waals surface area (Å²) in [6, 6.07) is 14.7. The highest BCUT2D eigenvalue weighted by atomic mass is 32.1. The van der Waals surface area contributed by atoms with Crippen molar-refractivity contribution in [1.29, 1.82) is 0 Å². The van der Waals surface area contributed by atoms with Crippen LogP contribution < -0.4 is 24.4 Å². The van der Waals surface area contributed by atoms with Gasteiger partial charge in [0, 0.05) is 6.07 Å². The van der Waals surface area contributed by atoms with E-state index < -0.39 is 45.7 Å². The number of methoxy groups -OCH3 is 1. The Morgan fingerprint density at radius 2 is 1.80 bits per heavy atom. The van der Waals surface area contributed by atoms with Gasteiger partial charge in [0.2, 0.25) is 5.75 Å². The first-order valence-corrected chi connectivity index (χ1v) is 14.2. The smallest absolute Gasteiger partial charge is 0.416 e. The molecule has 3 aromatic carbocycles. The molecular formula is C31H24F3N3O7S. The van der Waals surface area contributed by atoms with Gasteiger partial charge in [0.25, 0.3) is 5.56 Å². The molecule has 0 unspecified atom stereocenters. The van der Waals surface area contributed by atoms with E-state index >= 15 is 0 Å². The third-order valence-electron chi connectivity index (χ3n) is 6.82. The number of carbonyl (C=O) groups is 1.